The monoisotopic (exact) mass is 1600 g/mol. The number of rotatable bonds is 12. The molecule has 0 saturated carbocycles. The van der Waals surface area contributed by atoms with Gasteiger partial charge in [-0.15, -0.1) is 23.5 Å². The number of anilines is 5. The molecule has 0 aliphatic carbocycles. The van der Waals surface area contributed by atoms with Crippen LogP contribution in [-0.4, -0.2) is 119 Å². The fourth-order valence-corrected chi connectivity index (χ4v) is 12.3. The molecular weight excluding hydrogens is 1550 g/mol. The predicted octanol–water partition coefficient (Wildman–Crippen LogP) is 12.9. The van der Waals surface area contributed by atoms with Crippen molar-refractivity contribution in [2.24, 2.45) is 5.10 Å². The second-order valence-electron chi connectivity index (χ2n) is 20.8. The van der Waals surface area contributed by atoms with Crippen molar-refractivity contribution < 1.29 is 77.9 Å². The van der Waals surface area contributed by atoms with Crippen LogP contribution in [-0.2, 0) is 31.9 Å². The number of halogens is 10. The molecule has 0 fully saturated rings. The maximum absolute atomic E-state index is 13.3. The molecule has 37 heteroatoms. The molecule has 1 aliphatic rings. The third kappa shape index (κ3) is 30.3. The number of nitrogens with one attached hydrogen (secondary N) is 3. The normalized spacial score (nSPS) is 11.7. The summed E-state index contributed by atoms with van der Waals surface area (Å²) in [6.45, 7) is 10.5. The molecule has 4 amide bonds. The summed E-state index contributed by atoms with van der Waals surface area (Å²) in [6.07, 6.45) is 0.288. The van der Waals surface area contributed by atoms with Crippen LogP contribution in [0.5, 0.6) is 0 Å². The van der Waals surface area contributed by atoms with Crippen LogP contribution in [0, 0.1) is 29.3 Å². The van der Waals surface area contributed by atoms with Gasteiger partial charge in [0.15, 0.2) is 48.5 Å². The maximum atomic E-state index is 13.3. The van der Waals surface area contributed by atoms with Crippen molar-refractivity contribution in [3.05, 3.63) is 193 Å². The van der Waals surface area contributed by atoms with Crippen LogP contribution < -0.4 is 44.4 Å². The van der Waals surface area contributed by atoms with Crippen LogP contribution in [0.4, 0.5) is 52.8 Å². The van der Waals surface area contributed by atoms with Crippen LogP contribution in [0.25, 0.3) is 0 Å². The number of nitrogens with two attached hydrogens (primary N) is 2. The Balaban J connectivity index is 0.000000315. The van der Waals surface area contributed by atoms with E-state index in [4.69, 9.17) is 78.9 Å². The van der Waals surface area contributed by atoms with Crippen molar-refractivity contribution in [3.63, 3.8) is 0 Å². The van der Waals surface area contributed by atoms with Crippen LogP contribution in [0.15, 0.2) is 102 Å². The molecule has 6 heterocycles. The van der Waals surface area contributed by atoms with Gasteiger partial charge in [0.2, 0.25) is 5.91 Å². The standard InChI is InChI=1S/C16H14ClFN4O2S.C15H16ClFN2O3S.C10H8ClFN2S.C9H11ClN2O3S.C6H4F.C4H3ClN2OS.BrH.Mg/c1-22-13(23)6-5-11(21-22)15(24)20-16-19-14(17)12(25-16)8-9-3-2-4-10(18)7-9;1-15(2,3)22-14(21)19-13-18-12(16)11(23-13)10(20)8-5-4-6-9(17)7-8;11-9-8(15-10(13)14-9)5-6-2-1-3-7(12)4-6;1-9(2,3)15-8(14)12-7-11-6(10)5(4-13)16-7;7-6-4-2-1-3-5-6;5-3-2(1-8)9-4(6)7-3;;/h2-4,7H,5-6,8H2,1H3,(H,19,20,24);4-7,10,20H,1-3H3,(H,18,19,21);1-4H,5H2,(H2,13,14);4H,1-3H3,(H,11,12,14);1-2,4-5H;1H,(H2,6,7);1H;/q;;;;-1;;;+2/p-1. The second kappa shape index (κ2) is 40.5. The van der Waals surface area contributed by atoms with Crippen molar-refractivity contribution in [1.29, 1.82) is 0 Å². The summed E-state index contributed by atoms with van der Waals surface area (Å²) in [5.41, 5.74) is 11.7. The first-order chi connectivity index (χ1) is 44.7. The van der Waals surface area contributed by atoms with Crippen molar-refractivity contribution in [1.82, 2.24) is 29.9 Å². The molecule has 4 aromatic carbocycles. The Morgan fingerprint density at radius 2 is 1.08 bits per heavy atom. The number of hydrogen-bond acceptors (Lipinski definition) is 22. The average Bonchev–Trinajstić information content (AvgIpc) is 1.73. The van der Waals surface area contributed by atoms with Crippen molar-refractivity contribution in [2.75, 3.05) is 34.5 Å². The van der Waals surface area contributed by atoms with E-state index in [9.17, 15) is 51.4 Å². The van der Waals surface area contributed by atoms with Gasteiger partial charge in [0, 0.05) is 48.3 Å². The summed E-state index contributed by atoms with van der Waals surface area (Å²) in [5.74, 6) is -1.81. The molecular formula is C60H56BrCl5F4MgN12O9S5. The van der Waals surface area contributed by atoms with Crippen LogP contribution in [0.2, 0.25) is 25.8 Å². The first-order valence-corrected chi connectivity index (χ1v) is 33.0. The second-order valence-corrected chi connectivity index (χ2v) is 27.9. The summed E-state index contributed by atoms with van der Waals surface area (Å²) in [7, 11) is 1.51. The van der Waals surface area contributed by atoms with E-state index in [2.05, 4.69) is 52.0 Å². The molecule has 0 spiro atoms. The zero-order valence-corrected chi connectivity index (χ0v) is 62.7. The van der Waals surface area contributed by atoms with Gasteiger partial charge < -0.3 is 43.0 Å². The molecule has 0 saturated heterocycles. The fourth-order valence-electron chi connectivity index (χ4n) is 6.98. The largest absolute Gasteiger partial charge is 2.00 e. The minimum absolute atomic E-state index is 0. The van der Waals surface area contributed by atoms with Gasteiger partial charge in [0.25, 0.3) is 5.91 Å². The summed E-state index contributed by atoms with van der Waals surface area (Å²) < 4.78 is 61.4. The number of hydrogen-bond donors (Lipinski definition) is 6. The minimum Gasteiger partial charge on any atom is -1.00 e. The van der Waals surface area contributed by atoms with Gasteiger partial charge in [0.1, 0.15) is 65.7 Å². The number of nitrogen functional groups attached to an aromatic ring is 2. The molecule has 21 nitrogen and oxygen atoms in total. The molecule has 0 radical (unpaired) electrons. The van der Waals surface area contributed by atoms with Crippen LogP contribution in [0.1, 0.15) is 111 Å². The minimum atomic E-state index is -1.13. The molecule has 1 aliphatic heterocycles. The molecule has 512 valence electrons. The topological polar surface area (TPSA) is 309 Å². The summed E-state index contributed by atoms with van der Waals surface area (Å²) in [5, 5.41) is 25.4. The number of carbonyl (C=O) groups excluding carboxylic acids is 6. The van der Waals surface area contributed by atoms with E-state index in [0.717, 1.165) is 59.9 Å². The van der Waals surface area contributed by atoms with E-state index < -0.39 is 41.2 Å². The number of aliphatic hydroxyl groups excluding tert-OH is 1. The Hall–Kier alpha value is -6.50. The molecule has 10 rings (SSSR count). The third-order valence-corrected chi connectivity index (χ3v) is 17.5. The van der Waals surface area contributed by atoms with Crippen molar-refractivity contribution >= 4 is 206 Å². The van der Waals surface area contributed by atoms with Crippen molar-refractivity contribution in [3.8, 4) is 0 Å². The quantitative estimate of drug-likeness (QED) is 0.0287. The smallest absolute Gasteiger partial charge is 1.00 e. The number of aldehydes is 2. The average molecular weight is 1610 g/mol. The predicted molar refractivity (Wildman–Crippen MR) is 373 cm³/mol. The molecule has 8 N–H and O–H groups in total. The summed E-state index contributed by atoms with van der Waals surface area (Å²) in [4.78, 5) is 89.2. The number of aromatic nitrogens is 5. The van der Waals surface area contributed by atoms with Gasteiger partial charge in [-0.3, -0.25) is 39.5 Å². The number of nitrogens with zero attached hydrogens (tertiary/aromatic N) is 7. The van der Waals surface area contributed by atoms with Gasteiger partial charge >= 0.3 is 35.2 Å². The summed E-state index contributed by atoms with van der Waals surface area (Å²) >= 11 is 34.7. The van der Waals surface area contributed by atoms with E-state index in [1.807, 2.05) is 6.07 Å². The number of ether oxygens (including phenoxy) is 2. The molecule has 5 aromatic heterocycles. The van der Waals surface area contributed by atoms with E-state index in [1.54, 1.807) is 77.9 Å². The van der Waals surface area contributed by atoms with Crippen molar-refractivity contribution in [2.45, 2.75) is 84.5 Å². The van der Waals surface area contributed by atoms with Gasteiger partial charge in [0.05, 0.1) is 4.88 Å². The number of amides is 4. The molecule has 0 bridgehead atoms. The van der Waals surface area contributed by atoms with E-state index in [0.29, 0.717) is 61.3 Å². The molecule has 97 heavy (non-hydrogen) atoms. The van der Waals surface area contributed by atoms with Crippen LogP contribution in [0.3, 0.4) is 0 Å². The number of aliphatic hydroxyl groups is 1. The van der Waals surface area contributed by atoms with Gasteiger partial charge in [-0.25, -0.2) is 52.7 Å². The molecule has 9 aromatic rings. The fraction of sp³-hybridized carbons (Fsp3) is 0.233. The first kappa shape index (κ1) is 84.7. The van der Waals surface area contributed by atoms with Gasteiger partial charge in [-0.2, -0.15) is 23.3 Å². The number of thiazole rings is 5. The Morgan fingerprint density at radius 3 is 1.52 bits per heavy atom. The summed E-state index contributed by atoms with van der Waals surface area (Å²) in [6, 6.07) is 26.7. The van der Waals surface area contributed by atoms with E-state index in [1.165, 1.54) is 84.3 Å². The Labute approximate surface area is 625 Å². The zero-order valence-electron chi connectivity index (χ0n) is 51.8. The first-order valence-electron chi connectivity index (χ1n) is 27.1. The molecule has 1 unspecified atom stereocenters. The maximum Gasteiger partial charge on any atom is 2.00 e. The zero-order chi connectivity index (χ0) is 70.3. The number of carbonyl (C=O) groups is 6. The Bertz CT molecular complexity index is 4150. The SMILES string of the molecule is CC(C)(C)OC(=O)Nc1nc(Cl)c(C(O)c2cccc(F)c2)s1.CC(C)(C)OC(=O)Nc1nc(Cl)c(C=O)s1.CN1N=C(C(=O)Nc2nc(Cl)c(Cc3cccc(F)c3)s2)CCC1=O.Fc1c[c-]ccc1.Nc1nc(Cl)c(C=O)s1.Nc1nc(Cl)c(Cc2cccc(F)c2)s1.[Br-].[Mg+2]. The van der Waals surface area contributed by atoms with E-state index >= 15 is 0 Å². The number of hydrazone groups is 1. The van der Waals surface area contributed by atoms with Crippen LogP contribution >= 0.6 is 115 Å². The third-order valence-electron chi connectivity index (χ3n) is 10.9. The number of benzene rings is 4. The Morgan fingerprint density at radius 1 is 0.629 bits per heavy atom. The molecule has 1 atom stereocenters. The van der Waals surface area contributed by atoms with Gasteiger partial charge in [-0.05, 0) is 94.6 Å². The Kier molecular flexibility index (Phi) is 35.4. The van der Waals surface area contributed by atoms with E-state index in [-0.39, 0.29) is 118 Å². The van der Waals surface area contributed by atoms with Gasteiger partial charge in [-0.1, -0.05) is 140 Å².